The number of hydrogen-bond acceptors (Lipinski definition) is 3. The Kier molecular flexibility index (Phi) is 4.97. The predicted octanol–water partition coefficient (Wildman–Crippen LogP) is 2.72. The van der Waals surface area contributed by atoms with E-state index in [0.29, 0.717) is 0 Å². The largest absolute Gasteiger partial charge is 0.459 e. The summed E-state index contributed by atoms with van der Waals surface area (Å²) in [6.45, 7) is 3.61. The van der Waals surface area contributed by atoms with Gasteiger partial charge in [0.2, 0.25) is 5.91 Å². The van der Waals surface area contributed by atoms with Gasteiger partial charge in [-0.1, -0.05) is 18.2 Å². The van der Waals surface area contributed by atoms with Gasteiger partial charge in [-0.15, -0.1) is 12.4 Å². The standard InChI is InChI=1S/C14H18N2O2.ClH/c1-9(15)14(17)16(3)10(2)13-8-11-6-4-5-7-12(11)18-13;/h4-10H,15H2,1-3H3;1H. The van der Waals surface area contributed by atoms with Gasteiger partial charge in [0.05, 0.1) is 12.1 Å². The van der Waals surface area contributed by atoms with Gasteiger partial charge in [0.25, 0.3) is 0 Å². The molecule has 19 heavy (non-hydrogen) atoms. The van der Waals surface area contributed by atoms with Crippen LogP contribution in [0.1, 0.15) is 25.6 Å². The van der Waals surface area contributed by atoms with E-state index < -0.39 is 6.04 Å². The van der Waals surface area contributed by atoms with Gasteiger partial charge < -0.3 is 15.1 Å². The average Bonchev–Trinajstić information content (AvgIpc) is 2.79. The molecule has 2 rings (SSSR count). The van der Waals surface area contributed by atoms with Crippen molar-refractivity contribution in [2.24, 2.45) is 5.73 Å². The van der Waals surface area contributed by atoms with E-state index in [4.69, 9.17) is 10.2 Å². The Labute approximate surface area is 119 Å². The lowest BCUT2D eigenvalue weighted by Crippen LogP contribution is -2.40. The molecule has 2 aromatic rings. The van der Waals surface area contributed by atoms with E-state index >= 15 is 0 Å². The minimum absolute atomic E-state index is 0. The number of amides is 1. The van der Waals surface area contributed by atoms with Crippen LogP contribution in [0.2, 0.25) is 0 Å². The molecule has 0 aliphatic rings. The SMILES string of the molecule is CC(N)C(=O)N(C)C(C)c1cc2ccccc2o1.Cl. The van der Waals surface area contributed by atoms with Crippen molar-refractivity contribution < 1.29 is 9.21 Å². The van der Waals surface area contributed by atoms with Crippen LogP contribution in [0, 0.1) is 0 Å². The molecule has 2 unspecified atom stereocenters. The molecule has 0 aliphatic heterocycles. The first-order chi connectivity index (χ1) is 8.50. The molecule has 5 heteroatoms. The van der Waals surface area contributed by atoms with Crippen LogP contribution in [-0.2, 0) is 4.79 Å². The molecule has 0 radical (unpaired) electrons. The van der Waals surface area contributed by atoms with Crippen LogP contribution in [-0.4, -0.2) is 23.9 Å². The number of carbonyl (C=O) groups is 1. The highest BCUT2D eigenvalue weighted by atomic mass is 35.5. The van der Waals surface area contributed by atoms with E-state index in [1.54, 1.807) is 18.9 Å². The second kappa shape index (κ2) is 6.08. The van der Waals surface area contributed by atoms with Crippen LogP contribution in [0.5, 0.6) is 0 Å². The summed E-state index contributed by atoms with van der Waals surface area (Å²) in [4.78, 5) is 13.4. The van der Waals surface area contributed by atoms with E-state index in [9.17, 15) is 4.79 Å². The number of carbonyl (C=O) groups excluding carboxylic acids is 1. The highest BCUT2D eigenvalue weighted by Gasteiger charge is 2.22. The molecular formula is C14H19ClN2O2. The molecular weight excluding hydrogens is 264 g/mol. The zero-order valence-electron chi connectivity index (χ0n) is 11.3. The Hall–Kier alpha value is -1.52. The number of fused-ring (bicyclic) bond motifs is 1. The third-order valence-corrected chi connectivity index (χ3v) is 3.17. The molecule has 104 valence electrons. The maximum atomic E-state index is 11.8. The van der Waals surface area contributed by atoms with Gasteiger partial charge in [0.1, 0.15) is 11.3 Å². The molecule has 1 aromatic carbocycles. The fraction of sp³-hybridized carbons (Fsp3) is 0.357. The zero-order valence-corrected chi connectivity index (χ0v) is 12.1. The van der Waals surface area contributed by atoms with Crippen LogP contribution >= 0.6 is 12.4 Å². The Morgan fingerprint density at radius 3 is 2.53 bits per heavy atom. The molecule has 0 saturated carbocycles. The lowest BCUT2D eigenvalue weighted by Gasteiger charge is -2.24. The lowest BCUT2D eigenvalue weighted by molar-refractivity contribution is -0.133. The Bertz CT molecular complexity index is 532. The van der Waals surface area contributed by atoms with Gasteiger partial charge in [-0.2, -0.15) is 0 Å². The first-order valence-electron chi connectivity index (χ1n) is 6.01. The number of halogens is 1. The van der Waals surface area contributed by atoms with Gasteiger partial charge in [-0.25, -0.2) is 0 Å². The number of hydrogen-bond donors (Lipinski definition) is 1. The molecule has 0 saturated heterocycles. The summed E-state index contributed by atoms with van der Waals surface area (Å²) in [7, 11) is 1.74. The zero-order chi connectivity index (χ0) is 13.3. The van der Waals surface area contributed by atoms with E-state index in [0.717, 1.165) is 16.7 Å². The summed E-state index contributed by atoms with van der Waals surface area (Å²) < 4.78 is 5.75. The van der Waals surface area contributed by atoms with E-state index in [1.165, 1.54) is 0 Å². The van der Waals surface area contributed by atoms with E-state index in [2.05, 4.69) is 0 Å². The topological polar surface area (TPSA) is 59.5 Å². The second-order valence-corrected chi connectivity index (χ2v) is 4.60. The monoisotopic (exact) mass is 282 g/mol. The van der Waals surface area contributed by atoms with Crippen LogP contribution in [0.3, 0.4) is 0 Å². The highest BCUT2D eigenvalue weighted by molar-refractivity contribution is 5.85. The number of likely N-dealkylation sites (N-methyl/N-ethyl adjacent to an activating group) is 1. The maximum absolute atomic E-state index is 11.8. The Balaban J connectivity index is 0.00000180. The normalized spacial score (nSPS) is 13.7. The Morgan fingerprint density at radius 2 is 1.95 bits per heavy atom. The molecule has 0 fully saturated rings. The van der Waals surface area contributed by atoms with Crippen molar-refractivity contribution in [3.8, 4) is 0 Å². The molecule has 0 spiro atoms. The van der Waals surface area contributed by atoms with Crippen LogP contribution < -0.4 is 5.73 Å². The molecule has 2 atom stereocenters. The van der Waals surface area contributed by atoms with Gasteiger partial charge >= 0.3 is 0 Å². The molecule has 4 nitrogen and oxygen atoms in total. The van der Waals surface area contributed by atoms with Gasteiger partial charge in [-0.3, -0.25) is 4.79 Å². The van der Waals surface area contributed by atoms with Crippen molar-refractivity contribution in [1.82, 2.24) is 4.90 Å². The summed E-state index contributed by atoms with van der Waals surface area (Å²) in [6.07, 6.45) is 0. The number of para-hydroxylation sites is 1. The summed E-state index contributed by atoms with van der Waals surface area (Å²) >= 11 is 0. The van der Waals surface area contributed by atoms with Crippen molar-refractivity contribution in [2.45, 2.75) is 25.9 Å². The second-order valence-electron chi connectivity index (χ2n) is 4.60. The van der Waals surface area contributed by atoms with Crippen LogP contribution in [0.15, 0.2) is 34.7 Å². The summed E-state index contributed by atoms with van der Waals surface area (Å²) in [5, 5.41) is 1.04. The van der Waals surface area contributed by atoms with Crippen molar-refractivity contribution >= 4 is 29.3 Å². The molecule has 1 amide bonds. The quantitative estimate of drug-likeness (QED) is 0.942. The maximum Gasteiger partial charge on any atom is 0.239 e. The molecule has 2 N–H and O–H groups in total. The lowest BCUT2D eigenvalue weighted by atomic mass is 10.2. The predicted molar refractivity (Wildman–Crippen MR) is 78.3 cm³/mol. The number of rotatable bonds is 3. The summed E-state index contributed by atoms with van der Waals surface area (Å²) in [6, 6.07) is 9.13. The number of nitrogens with two attached hydrogens (primary N) is 1. The van der Waals surface area contributed by atoms with Crippen molar-refractivity contribution in [2.75, 3.05) is 7.05 Å². The minimum Gasteiger partial charge on any atom is -0.459 e. The number of benzene rings is 1. The van der Waals surface area contributed by atoms with E-state index in [1.807, 2.05) is 37.3 Å². The van der Waals surface area contributed by atoms with Crippen molar-refractivity contribution in [1.29, 1.82) is 0 Å². The van der Waals surface area contributed by atoms with Crippen LogP contribution in [0.25, 0.3) is 11.0 Å². The summed E-state index contributed by atoms with van der Waals surface area (Å²) in [5.41, 5.74) is 6.44. The fourth-order valence-electron chi connectivity index (χ4n) is 1.91. The third kappa shape index (κ3) is 3.08. The van der Waals surface area contributed by atoms with Crippen molar-refractivity contribution in [3.63, 3.8) is 0 Å². The summed E-state index contributed by atoms with van der Waals surface area (Å²) in [5.74, 6) is 0.677. The first-order valence-corrected chi connectivity index (χ1v) is 6.01. The highest BCUT2D eigenvalue weighted by Crippen LogP contribution is 2.26. The molecule has 1 aromatic heterocycles. The molecule has 0 aliphatic carbocycles. The van der Waals surface area contributed by atoms with Gasteiger partial charge in [0.15, 0.2) is 0 Å². The smallest absolute Gasteiger partial charge is 0.239 e. The third-order valence-electron chi connectivity index (χ3n) is 3.17. The van der Waals surface area contributed by atoms with Crippen molar-refractivity contribution in [3.05, 3.63) is 36.1 Å². The molecule has 0 bridgehead atoms. The van der Waals surface area contributed by atoms with Gasteiger partial charge in [0, 0.05) is 12.4 Å². The average molecular weight is 283 g/mol. The number of nitrogens with zero attached hydrogens (tertiary/aromatic N) is 1. The number of furan rings is 1. The van der Waals surface area contributed by atoms with Gasteiger partial charge in [-0.05, 0) is 26.0 Å². The van der Waals surface area contributed by atoms with Crippen LogP contribution in [0.4, 0.5) is 0 Å². The van der Waals surface area contributed by atoms with E-state index in [-0.39, 0.29) is 24.4 Å². The molecule has 1 heterocycles. The fourth-order valence-corrected chi connectivity index (χ4v) is 1.91. The Morgan fingerprint density at radius 1 is 1.32 bits per heavy atom. The minimum atomic E-state index is -0.498. The first kappa shape index (κ1) is 15.5.